The zero-order valence-corrected chi connectivity index (χ0v) is 18.7. The maximum atomic E-state index is 12.5. The van der Waals surface area contributed by atoms with Gasteiger partial charge < -0.3 is 0 Å². The summed E-state index contributed by atoms with van der Waals surface area (Å²) < 4.78 is 27.9. The Morgan fingerprint density at radius 3 is 2.61 bits per heavy atom. The van der Waals surface area contributed by atoms with Crippen LogP contribution in [0.5, 0.6) is 0 Å². The summed E-state index contributed by atoms with van der Waals surface area (Å²) >= 11 is 0. The molecular formula is C25H28N2O3S. The Hall–Kier alpha value is -2.47. The number of nitrogens with zero attached hydrogens (tertiary/aromatic N) is 1. The molecule has 3 aliphatic rings. The van der Waals surface area contributed by atoms with Crippen molar-refractivity contribution in [2.24, 2.45) is 5.92 Å². The van der Waals surface area contributed by atoms with Crippen LogP contribution in [0.2, 0.25) is 0 Å². The van der Waals surface area contributed by atoms with Crippen molar-refractivity contribution in [1.82, 2.24) is 4.98 Å². The topological polar surface area (TPSA) is 76.1 Å². The minimum Gasteiger partial charge on any atom is -0.299 e. The standard InChI is InChI=1S/C25H28N2O3S/c1-2-16-13-18(27-31(29,30)20-5-3-6-20)11-12-21(16)23-14-19(15-25(28)17-9-10-17)26-24-8-4-7-22(23)24/h4,7,11-14,17,20,27H,2-3,5-6,8-10,15H2,1H3. The van der Waals surface area contributed by atoms with Gasteiger partial charge in [-0.1, -0.05) is 31.6 Å². The first kappa shape index (κ1) is 20.4. The zero-order valence-electron chi connectivity index (χ0n) is 17.9. The fraction of sp³-hybridized carbons (Fsp3) is 0.440. The SMILES string of the molecule is CCc1cc(NS(=O)(=O)C2CCC2)ccc1-c1cc(CC(=O)C2CC2)nc2c1C=CC2. The summed E-state index contributed by atoms with van der Waals surface area (Å²) in [5, 5.41) is -0.266. The van der Waals surface area contributed by atoms with E-state index in [2.05, 4.69) is 29.9 Å². The van der Waals surface area contributed by atoms with Crippen LogP contribution in [0.1, 0.15) is 61.5 Å². The number of pyridine rings is 1. The molecule has 0 saturated heterocycles. The van der Waals surface area contributed by atoms with Gasteiger partial charge in [-0.2, -0.15) is 0 Å². The van der Waals surface area contributed by atoms with Gasteiger partial charge in [-0.15, -0.1) is 0 Å². The molecule has 0 spiro atoms. The predicted molar refractivity (Wildman–Crippen MR) is 123 cm³/mol. The minimum atomic E-state index is -3.32. The average Bonchev–Trinajstić information content (AvgIpc) is 3.43. The molecule has 162 valence electrons. The van der Waals surface area contributed by atoms with E-state index in [0.717, 1.165) is 78.6 Å². The Morgan fingerprint density at radius 1 is 1.13 bits per heavy atom. The molecule has 0 atom stereocenters. The zero-order chi connectivity index (χ0) is 21.6. The molecule has 0 unspecified atom stereocenters. The number of anilines is 1. The third-order valence-corrected chi connectivity index (χ3v) is 8.57. The van der Waals surface area contributed by atoms with E-state index in [1.54, 1.807) is 0 Å². The Bertz CT molecular complexity index is 1180. The maximum absolute atomic E-state index is 12.5. The second-order valence-corrected chi connectivity index (χ2v) is 10.9. The van der Waals surface area contributed by atoms with E-state index >= 15 is 0 Å². The average molecular weight is 437 g/mol. The summed E-state index contributed by atoms with van der Waals surface area (Å²) in [6.07, 6.45) is 10.7. The highest BCUT2D eigenvalue weighted by atomic mass is 32.2. The van der Waals surface area contributed by atoms with Gasteiger partial charge in [-0.05, 0) is 67.0 Å². The number of rotatable bonds is 8. The predicted octanol–water partition coefficient (Wildman–Crippen LogP) is 4.70. The first-order chi connectivity index (χ1) is 14.9. The minimum absolute atomic E-state index is 0.228. The monoisotopic (exact) mass is 436 g/mol. The molecule has 0 aliphatic heterocycles. The number of carbonyl (C=O) groups excluding carboxylic acids is 1. The number of carbonyl (C=O) groups is 1. The van der Waals surface area contributed by atoms with E-state index in [1.165, 1.54) is 0 Å². The van der Waals surface area contributed by atoms with E-state index in [1.807, 2.05) is 18.2 Å². The van der Waals surface area contributed by atoms with Crippen LogP contribution in [0.4, 0.5) is 5.69 Å². The smallest absolute Gasteiger partial charge is 0.235 e. The van der Waals surface area contributed by atoms with Gasteiger partial charge in [0.1, 0.15) is 5.78 Å². The summed E-state index contributed by atoms with van der Waals surface area (Å²) in [5.41, 5.74) is 6.85. The third-order valence-electron chi connectivity index (χ3n) is 6.70. The molecule has 0 bridgehead atoms. The fourth-order valence-corrected chi connectivity index (χ4v) is 6.05. The van der Waals surface area contributed by atoms with Crippen molar-refractivity contribution in [2.75, 3.05) is 4.72 Å². The summed E-state index contributed by atoms with van der Waals surface area (Å²) in [6.45, 7) is 2.08. The molecule has 31 heavy (non-hydrogen) atoms. The van der Waals surface area contributed by atoms with Gasteiger partial charge in [0.2, 0.25) is 10.0 Å². The van der Waals surface area contributed by atoms with E-state index in [-0.39, 0.29) is 11.2 Å². The number of ketones is 1. The number of Topliss-reactive ketones (excluding diaryl/α,β-unsaturated/α-hetero) is 1. The number of benzene rings is 1. The van der Waals surface area contributed by atoms with Gasteiger partial charge in [0, 0.05) is 35.7 Å². The van der Waals surface area contributed by atoms with Crippen molar-refractivity contribution in [2.45, 2.75) is 63.5 Å². The van der Waals surface area contributed by atoms with Crippen LogP contribution in [0.15, 0.2) is 30.3 Å². The number of aromatic nitrogens is 1. The van der Waals surface area contributed by atoms with Crippen molar-refractivity contribution in [1.29, 1.82) is 0 Å². The van der Waals surface area contributed by atoms with Crippen molar-refractivity contribution in [3.05, 3.63) is 52.9 Å². The molecule has 0 radical (unpaired) electrons. The first-order valence-electron chi connectivity index (χ1n) is 11.3. The Kier molecular flexibility index (Phi) is 5.21. The number of hydrogen-bond acceptors (Lipinski definition) is 4. The lowest BCUT2D eigenvalue weighted by Gasteiger charge is -2.26. The first-order valence-corrected chi connectivity index (χ1v) is 12.9. The Morgan fingerprint density at radius 2 is 1.94 bits per heavy atom. The molecule has 5 nitrogen and oxygen atoms in total. The highest BCUT2D eigenvalue weighted by Gasteiger charge is 2.32. The van der Waals surface area contributed by atoms with Crippen molar-refractivity contribution in [3.8, 4) is 11.1 Å². The number of aryl methyl sites for hydroxylation is 1. The lowest BCUT2D eigenvalue weighted by molar-refractivity contribution is -0.119. The van der Waals surface area contributed by atoms with Crippen molar-refractivity contribution in [3.63, 3.8) is 0 Å². The van der Waals surface area contributed by atoms with Crippen molar-refractivity contribution < 1.29 is 13.2 Å². The second kappa shape index (κ2) is 7.90. The van der Waals surface area contributed by atoms with Gasteiger partial charge in [0.25, 0.3) is 0 Å². The summed E-state index contributed by atoms with van der Waals surface area (Å²) in [5.74, 6) is 0.520. The molecule has 1 heterocycles. The quantitative estimate of drug-likeness (QED) is 0.651. The third kappa shape index (κ3) is 4.05. The number of fused-ring (bicyclic) bond motifs is 1. The number of allylic oxidation sites excluding steroid dienone is 1. The van der Waals surface area contributed by atoms with Crippen molar-refractivity contribution >= 4 is 27.6 Å². The van der Waals surface area contributed by atoms with Crippen LogP contribution in [-0.2, 0) is 34.1 Å². The van der Waals surface area contributed by atoms with Gasteiger partial charge >= 0.3 is 0 Å². The molecule has 1 aromatic heterocycles. The lowest BCUT2D eigenvalue weighted by atomic mass is 9.93. The van der Waals surface area contributed by atoms with Crippen LogP contribution < -0.4 is 4.72 Å². The van der Waals surface area contributed by atoms with E-state index in [4.69, 9.17) is 4.98 Å². The van der Waals surface area contributed by atoms with Crippen LogP contribution in [0.25, 0.3) is 17.2 Å². The van der Waals surface area contributed by atoms with Crippen LogP contribution in [0, 0.1) is 5.92 Å². The summed E-state index contributed by atoms with van der Waals surface area (Å²) in [4.78, 5) is 17.2. The number of nitrogens with one attached hydrogen (secondary N) is 1. The van der Waals surface area contributed by atoms with Gasteiger partial charge in [0.05, 0.1) is 10.9 Å². The lowest BCUT2D eigenvalue weighted by Crippen LogP contribution is -2.33. The molecule has 1 N–H and O–H groups in total. The number of sulfonamides is 1. The second-order valence-electron chi connectivity index (χ2n) is 8.97. The molecule has 2 fully saturated rings. The number of hydrogen-bond donors (Lipinski definition) is 1. The van der Waals surface area contributed by atoms with Gasteiger partial charge in [-0.25, -0.2) is 8.42 Å². The van der Waals surface area contributed by atoms with E-state index in [9.17, 15) is 13.2 Å². The van der Waals surface area contributed by atoms with E-state index in [0.29, 0.717) is 17.9 Å². The molecule has 6 heteroatoms. The van der Waals surface area contributed by atoms with E-state index < -0.39 is 10.0 Å². The summed E-state index contributed by atoms with van der Waals surface area (Å²) in [7, 11) is -3.32. The Balaban J connectivity index is 1.49. The molecule has 0 amide bonds. The normalized spacial score (nSPS) is 18.0. The van der Waals surface area contributed by atoms with Gasteiger partial charge in [0.15, 0.2) is 0 Å². The molecule has 3 aliphatic carbocycles. The highest BCUT2D eigenvalue weighted by molar-refractivity contribution is 7.93. The van der Waals surface area contributed by atoms with Crippen LogP contribution >= 0.6 is 0 Å². The molecule has 2 aromatic rings. The Labute approximate surface area is 184 Å². The largest absolute Gasteiger partial charge is 0.299 e. The molecule has 1 aromatic carbocycles. The summed E-state index contributed by atoms with van der Waals surface area (Å²) in [6, 6.07) is 7.87. The van der Waals surface area contributed by atoms with Crippen LogP contribution in [-0.4, -0.2) is 24.4 Å². The van der Waals surface area contributed by atoms with Gasteiger partial charge in [-0.3, -0.25) is 14.5 Å². The molecule has 2 saturated carbocycles. The molecule has 5 rings (SSSR count). The fourth-order valence-electron chi connectivity index (χ4n) is 4.48. The highest BCUT2D eigenvalue weighted by Crippen LogP contribution is 2.36. The van der Waals surface area contributed by atoms with Crippen LogP contribution in [0.3, 0.4) is 0 Å². The molecular weight excluding hydrogens is 408 g/mol. The maximum Gasteiger partial charge on any atom is 0.235 e.